The van der Waals surface area contributed by atoms with E-state index in [0.29, 0.717) is 17.3 Å². The van der Waals surface area contributed by atoms with Crippen LogP contribution in [0, 0.1) is 0 Å². The molecule has 0 saturated carbocycles. The maximum atomic E-state index is 11.4. The van der Waals surface area contributed by atoms with Gasteiger partial charge in [0, 0.05) is 19.3 Å². The molecule has 1 aliphatic rings. The number of aromatic nitrogens is 3. The van der Waals surface area contributed by atoms with Gasteiger partial charge in [-0.25, -0.2) is 4.98 Å². The Balaban J connectivity index is 0.000000397. The van der Waals surface area contributed by atoms with Gasteiger partial charge in [0.2, 0.25) is 0 Å². The van der Waals surface area contributed by atoms with Crippen molar-refractivity contribution in [3.8, 4) is 5.75 Å². The summed E-state index contributed by atoms with van der Waals surface area (Å²) in [5.41, 5.74) is 12.0. The lowest BCUT2D eigenvalue weighted by Gasteiger charge is -2.14. The van der Waals surface area contributed by atoms with Gasteiger partial charge in [-0.3, -0.25) is 4.79 Å². The van der Waals surface area contributed by atoms with E-state index in [2.05, 4.69) is 20.5 Å². The number of hydrogen-bond donors (Lipinski definition) is 3. The minimum absolute atomic E-state index is 0.00193. The second kappa shape index (κ2) is 10.4. The molecule has 1 amide bonds. The molecule has 1 fully saturated rings. The van der Waals surface area contributed by atoms with Crippen LogP contribution in [-0.2, 0) is 4.74 Å². The predicted molar refractivity (Wildman–Crippen MR) is 108 cm³/mol. The monoisotopic (exact) mass is 388 g/mol. The molecule has 9 nitrogen and oxygen atoms in total. The fraction of sp³-hybridized carbons (Fsp3) is 0.474. The Bertz CT molecular complexity index is 782. The lowest BCUT2D eigenvalue weighted by molar-refractivity contribution is 0.0968. The first-order chi connectivity index (χ1) is 13.4. The number of pyridine rings is 1. The Labute approximate surface area is 164 Å². The number of carbonyl (C=O) groups is 1. The standard InChI is InChI=1S/C14H18N6O2.C5H10O/c1-7(2)12-9(22-3)4-5-11(18-12)17-8-6-10(15)19-20-13(8)14(16)21;1-2-4-6-5-3-1/h4-7H,1-3H3,(H2,16,21)(H3,15,17,18,19);1-5H2. The number of nitrogens with two attached hydrogens (primary N) is 2. The van der Waals surface area contributed by atoms with Crippen LogP contribution in [0.5, 0.6) is 5.75 Å². The zero-order chi connectivity index (χ0) is 20.5. The largest absolute Gasteiger partial charge is 0.495 e. The molecule has 0 aromatic carbocycles. The molecule has 0 spiro atoms. The third kappa shape index (κ3) is 6.05. The Morgan fingerprint density at radius 3 is 2.43 bits per heavy atom. The number of primary amides is 1. The zero-order valence-electron chi connectivity index (χ0n) is 16.6. The van der Waals surface area contributed by atoms with Crippen molar-refractivity contribution in [2.24, 2.45) is 5.73 Å². The topological polar surface area (TPSA) is 138 Å². The number of nitrogens with zero attached hydrogens (tertiary/aromatic N) is 3. The van der Waals surface area contributed by atoms with Gasteiger partial charge in [-0.1, -0.05) is 13.8 Å². The zero-order valence-corrected chi connectivity index (χ0v) is 16.6. The van der Waals surface area contributed by atoms with E-state index in [1.807, 2.05) is 13.8 Å². The first kappa shape index (κ1) is 21.4. The van der Waals surface area contributed by atoms with E-state index in [9.17, 15) is 4.79 Å². The van der Waals surface area contributed by atoms with Gasteiger partial charge in [0.15, 0.2) is 5.69 Å². The molecule has 1 aliphatic heterocycles. The van der Waals surface area contributed by atoms with Gasteiger partial charge >= 0.3 is 0 Å². The highest BCUT2D eigenvalue weighted by molar-refractivity contribution is 5.97. The van der Waals surface area contributed by atoms with Crippen LogP contribution in [0.4, 0.5) is 17.3 Å². The average Bonchev–Trinajstić information content (AvgIpc) is 2.69. The van der Waals surface area contributed by atoms with Crippen molar-refractivity contribution in [2.45, 2.75) is 39.0 Å². The van der Waals surface area contributed by atoms with E-state index >= 15 is 0 Å². The van der Waals surface area contributed by atoms with Crippen LogP contribution < -0.4 is 21.5 Å². The van der Waals surface area contributed by atoms with Crippen molar-refractivity contribution in [3.63, 3.8) is 0 Å². The first-order valence-electron chi connectivity index (χ1n) is 9.25. The third-order valence-corrected chi connectivity index (χ3v) is 4.04. The normalized spacial score (nSPS) is 13.4. The summed E-state index contributed by atoms with van der Waals surface area (Å²) in [6.07, 6.45) is 3.93. The average molecular weight is 388 g/mol. The van der Waals surface area contributed by atoms with Gasteiger partial charge in [-0.15, -0.1) is 10.2 Å². The lowest BCUT2D eigenvalue weighted by Crippen LogP contribution is -2.17. The molecule has 3 rings (SSSR count). The summed E-state index contributed by atoms with van der Waals surface area (Å²) in [6.45, 7) is 6.02. The first-order valence-corrected chi connectivity index (χ1v) is 9.25. The summed E-state index contributed by atoms with van der Waals surface area (Å²) in [4.78, 5) is 15.9. The van der Waals surface area contributed by atoms with Crippen LogP contribution in [0.1, 0.15) is 55.2 Å². The summed E-state index contributed by atoms with van der Waals surface area (Å²) >= 11 is 0. The number of hydrogen-bond acceptors (Lipinski definition) is 8. The van der Waals surface area contributed by atoms with Crippen molar-refractivity contribution in [3.05, 3.63) is 29.6 Å². The number of nitrogens with one attached hydrogen (secondary N) is 1. The highest BCUT2D eigenvalue weighted by atomic mass is 16.5. The van der Waals surface area contributed by atoms with Crippen molar-refractivity contribution in [1.82, 2.24) is 15.2 Å². The summed E-state index contributed by atoms with van der Waals surface area (Å²) in [6, 6.07) is 5.01. The minimum atomic E-state index is -0.701. The number of rotatable bonds is 5. The minimum Gasteiger partial charge on any atom is -0.495 e. The van der Waals surface area contributed by atoms with Crippen LogP contribution in [0.25, 0.3) is 0 Å². The van der Waals surface area contributed by atoms with E-state index in [0.717, 1.165) is 18.9 Å². The fourth-order valence-electron chi connectivity index (χ4n) is 2.63. The predicted octanol–water partition coefficient (Wildman–Crippen LogP) is 2.62. The Kier molecular flexibility index (Phi) is 7.94. The second-order valence-electron chi connectivity index (χ2n) is 6.63. The summed E-state index contributed by atoms with van der Waals surface area (Å²) < 4.78 is 10.4. The molecule has 0 bridgehead atoms. The maximum Gasteiger partial charge on any atom is 0.271 e. The van der Waals surface area contributed by atoms with E-state index in [-0.39, 0.29) is 17.4 Å². The van der Waals surface area contributed by atoms with Gasteiger partial charge in [0.25, 0.3) is 5.91 Å². The Morgan fingerprint density at radius 1 is 1.21 bits per heavy atom. The van der Waals surface area contributed by atoms with Gasteiger partial charge in [0.05, 0.1) is 18.5 Å². The second-order valence-corrected chi connectivity index (χ2v) is 6.63. The fourth-order valence-corrected chi connectivity index (χ4v) is 2.63. The molecule has 1 saturated heterocycles. The maximum absolute atomic E-state index is 11.4. The van der Waals surface area contributed by atoms with E-state index in [1.54, 1.807) is 19.2 Å². The molecule has 3 heterocycles. The molecule has 9 heteroatoms. The third-order valence-electron chi connectivity index (χ3n) is 4.04. The molecule has 0 unspecified atom stereocenters. The number of methoxy groups -OCH3 is 1. The van der Waals surface area contributed by atoms with Gasteiger partial charge < -0.3 is 26.3 Å². The molecule has 2 aromatic heterocycles. The number of anilines is 3. The van der Waals surface area contributed by atoms with Crippen molar-refractivity contribution < 1.29 is 14.3 Å². The molecule has 28 heavy (non-hydrogen) atoms. The summed E-state index contributed by atoms with van der Waals surface area (Å²) in [7, 11) is 1.59. The van der Waals surface area contributed by atoms with Gasteiger partial charge in [-0.05, 0) is 37.3 Å². The molecule has 0 aliphatic carbocycles. The number of ether oxygens (including phenoxy) is 2. The molecule has 0 atom stereocenters. The molecule has 152 valence electrons. The number of nitrogen functional groups attached to an aromatic ring is 1. The van der Waals surface area contributed by atoms with E-state index < -0.39 is 5.91 Å². The number of carbonyl (C=O) groups excluding carboxylic acids is 1. The molecule has 0 radical (unpaired) electrons. The quantitative estimate of drug-likeness (QED) is 0.710. The molecular weight excluding hydrogens is 360 g/mol. The SMILES string of the molecule is C1CCOCC1.COc1ccc(Nc2cc(N)nnc2C(N)=O)nc1C(C)C. The van der Waals surface area contributed by atoms with Crippen LogP contribution in [0.3, 0.4) is 0 Å². The molecule has 2 aromatic rings. The number of amides is 1. The van der Waals surface area contributed by atoms with Crippen molar-refractivity contribution in [1.29, 1.82) is 0 Å². The van der Waals surface area contributed by atoms with Crippen LogP contribution in [0.2, 0.25) is 0 Å². The molecule has 5 N–H and O–H groups in total. The van der Waals surface area contributed by atoms with Gasteiger partial charge in [-0.2, -0.15) is 0 Å². The van der Waals surface area contributed by atoms with Crippen LogP contribution in [0.15, 0.2) is 18.2 Å². The highest BCUT2D eigenvalue weighted by Gasteiger charge is 2.14. The lowest BCUT2D eigenvalue weighted by atomic mass is 10.1. The van der Waals surface area contributed by atoms with Crippen LogP contribution >= 0.6 is 0 Å². The highest BCUT2D eigenvalue weighted by Crippen LogP contribution is 2.27. The summed E-state index contributed by atoms with van der Waals surface area (Å²) in [5.74, 6) is 0.869. The van der Waals surface area contributed by atoms with E-state index in [1.165, 1.54) is 25.3 Å². The van der Waals surface area contributed by atoms with E-state index in [4.69, 9.17) is 20.9 Å². The Morgan fingerprint density at radius 2 is 1.93 bits per heavy atom. The summed E-state index contributed by atoms with van der Waals surface area (Å²) in [5, 5.41) is 10.3. The van der Waals surface area contributed by atoms with Crippen LogP contribution in [-0.4, -0.2) is 41.4 Å². The molecular formula is C19H28N6O3. The van der Waals surface area contributed by atoms with Gasteiger partial charge in [0.1, 0.15) is 17.4 Å². The Hall–Kier alpha value is -2.94. The van der Waals surface area contributed by atoms with Crippen molar-refractivity contribution >= 4 is 23.2 Å². The smallest absolute Gasteiger partial charge is 0.271 e. The van der Waals surface area contributed by atoms with Crippen molar-refractivity contribution in [2.75, 3.05) is 31.4 Å².